The van der Waals surface area contributed by atoms with Crippen molar-refractivity contribution in [1.82, 2.24) is 10.1 Å². The Kier molecular flexibility index (Phi) is 6.69. The van der Waals surface area contributed by atoms with Crippen LogP contribution in [0.1, 0.15) is 18.2 Å². The molecule has 0 spiro atoms. The van der Waals surface area contributed by atoms with E-state index in [4.69, 9.17) is 9.26 Å². The number of carbonyl (C=O) groups excluding carboxylic acids is 1. The second-order valence-electron chi connectivity index (χ2n) is 7.20. The third-order valence-electron chi connectivity index (χ3n) is 4.93. The zero-order valence-electron chi connectivity index (χ0n) is 18.3. The first-order valence-corrected chi connectivity index (χ1v) is 11.2. The molecule has 2 aromatic heterocycles. The molecule has 4 aromatic rings. The van der Waals surface area contributed by atoms with Crippen LogP contribution < -0.4 is 4.90 Å². The summed E-state index contributed by atoms with van der Waals surface area (Å²) in [6, 6.07) is 12.9. The maximum atomic E-state index is 14.7. The number of para-hydroxylation sites is 1. The first-order valence-electron chi connectivity index (χ1n) is 10.3. The molecule has 0 fully saturated rings. The van der Waals surface area contributed by atoms with Gasteiger partial charge in [-0.3, -0.25) is 4.79 Å². The summed E-state index contributed by atoms with van der Waals surface area (Å²) in [6.45, 7) is 3.37. The van der Waals surface area contributed by atoms with Gasteiger partial charge in [-0.1, -0.05) is 41.6 Å². The number of thiazole rings is 1. The third kappa shape index (κ3) is 4.53. The van der Waals surface area contributed by atoms with E-state index in [1.165, 1.54) is 29.5 Å². The molecule has 1 N–H and O–H groups in total. The molecule has 34 heavy (non-hydrogen) atoms. The maximum absolute atomic E-state index is 14.7. The molecule has 0 atom stereocenters. The summed E-state index contributed by atoms with van der Waals surface area (Å²) in [7, 11) is 0. The van der Waals surface area contributed by atoms with Gasteiger partial charge < -0.3 is 14.4 Å². The van der Waals surface area contributed by atoms with Gasteiger partial charge in [-0.05, 0) is 31.5 Å². The number of nitrogens with zero attached hydrogens (tertiary/aromatic N) is 3. The monoisotopic (exact) mass is 481 g/mol. The summed E-state index contributed by atoms with van der Waals surface area (Å²) in [6.07, 6.45) is -0.941. The quantitative estimate of drug-likeness (QED) is 0.354. The van der Waals surface area contributed by atoms with Crippen molar-refractivity contribution in [1.29, 1.82) is 0 Å². The number of hydrogen-bond donors (Lipinski definition) is 1. The predicted octanol–water partition coefficient (Wildman–Crippen LogP) is 5.83. The Morgan fingerprint density at radius 3 is 2.65 bits per heavy atom. The third-order valence-corrected chi connectivity index (χ3v) is 5.80. The lowest BCUT2D eigenvalue weighted by atomic mass is 10.1. The van der Waals surface area contributed by atoms with E-state index in [1.54, 1.807) is 49.6 Å². The molecule has 10 heteroatoms. The molecule has 0 aliphatic heterocycles. The fourth-order valence-electron chi connectivity index (χ4n) is 3.48. The van der Waals surface area contributed by atoms with Crippen LogP contribution in [0.4, 0.5) is 20.6 Å². The molecular weight excluding hydrogens is 461 g/mol. The Morgan fingerprint density at radius 2 is 1.91 bits per heavy atom. The maximum Gasteiger partial charge on any atom is 0.419 e. The van der Waals surface area contributed by atoms with Gasteiger partial charge in [-0.25, -0.2) is 19.1 Å². The minimum atomic E-state index is -0.952. The highest BCUT2D eigenvalue weighted by Gasteiger charge is 2.31. The van der Waals surface area contributed by atoms with Crippen LogP contribution in [0.2, 0.25) is 0 Å². The van der Waals surface area contributed by atoms with E-state index >= 15 is 0 Å². The van der Waals surface area contributed by atoms with E-state index in [9.17, 15) is 19.1 Å². The molecule has 1 amide bonds. The molecule has 0 bridgehead atoms. The summed E-state index contributed by atoms with van der Waals surface area (Å²) in [5, 5.41) is 15.5. The number of halogens is 1. The van der Waals surface area contributed by atoms with E-state index in [2.05, 4.69) is 10.1 Å². The zero-order valence-corrected chi connectivity index (χ0v) is 19.1. The number of aryl methyl sites for hydroxylation is 1. The van der Waals surface area contributed by atoms with E-state index in [0.29, 0.717) is 27.5 Å². The van der Waals surface area contributed by atoms with E-state index < -0.39 is 17.9 Å². The second-order valence-corrected chi connectivity index (χ2v) is 8.06. The van der Waals surface area contributed by atoms with Gasteiger partial charge in [0.2, 0.25) is 5.76 Å². The molecule has 4 rings (SSSR count). The topological polar surface area (TPSA) is 106 Å². The first kappa shape index (κ1) is 23.1. The summed E-state index contributed by atoms with van der Waals surface area (Å²) < 4.78 is 25.4. The molecule has 8 nitrogen and oxygen atoms in total. The Labute approximate surface area is 198 Å². The first-order chi connectivity index (χ1) is 16.4. The number of carbonyl (C=O) groups is 2. The Bertz CT molecular complexity index is 1350. The van der Waals surface area contributed by atoms with Crippen LogP contribution in [0.25, 0.3) is 22.0 Å². The normalized spacial score (nSPS) is 10.8. The smallest absolute Gasteiger partial charge is 0.419 e. The number of carboxylic acids is 1. The molecule has 0 radical (unpaired) electrons. The van der Waals surface area contributed by atoms with Gasteiger partial charge in [0.05, 0.1) is 18.7 Å². The number of hydrogen-bond acceptors (Lipinski definition) is 7. The van der Waals surface area contributed by atoms with E-state index in [-0.39, 0.29) is 30.2 Å². The molecular formula is C24H20FN3O5S. The van der Waals surface area contributed by atoms with Gasteiger partial charge in [0.1, 0.15) is 27.9 Å². The summed E-state index contributed by atoms with van der Waals surface area (Å²) >= 11 is 1.29. The highest BCUT2D eigenvalue weighted by atomic mass is 32.1. The lowest BCUT2D eigenvalue weighted by molar-refractivity contribution is -0.136. The number of ether oxygens (including phenoxy) is 1. The van der Waals surface area contributed by atoms with Crippen molar-refractivity contribution >= 4 is 34.8 Å². The van der Waals surface area contributed by atoms with Gasteiger partial charge in [-0.2, -0.15) is 0 Å². The number of aromatic nitrogens is 2. The molecule has 0 aliphatic carbocycles. The second kappa shape index (κ2) is 9.84. The summed E-state index contributed by atoms with van der Waals surface area (Å²) in [4.78, 5) is 29.9. The minimum absolute atomic E-state index is 0.0178. The molecule has 0 unspecified atom stereocenters. The van der Waals surface area contributed by atoms with Gasteiger partial charge in [0.15, 0.2) is 0 Å². The fraction of sp³-hybridized carbons (Fsp3) is 0.167. The number of rotatable bonds is 7. The minimum Gasteiger partial charge on any atom is -0.481 e. The highest BCUT2D eigenvalue weighted by Crippen LogP contribution is 2.41. The SMILES string of the molecule is CCOC(=O)N(c1ccccc1F)c1c(C)noc1-c1csc(-c2ccccc2CC(=O)O)n1. The van der Waals surface area contributed by atoms with Crippen LogP contribution in [-0.4, -0.2) is 33.9 Å². The lowest BCUT2D eigenvalue weighted by Gasteiger charge is -2.22. The van der Waals surface area contributed by atoms with Gasteiger partial charge in [0, 0.05) is 10.9 Å². The van der Waals surface area contributed by atoms with Crippen molar-refractivity contribution in [3.8, 4) is 22.0 Å². The van der Waals surface area contributed by atoms with Gasteiger partial charge in [0.25, 0.3) is 0 Å². The molecule has 2 aromatic carbocycles. The molecule has 0 saturated heterocycles. The molecule has 174 valence electrons. The Hall–Kier alpha value is -4.05. The molecule has 0 aliphatic rings. The van der Waals surface area contributed by atoms with Crippen LogP contribution in [0.15, 0.2) is 58.4 Å². The van der Waals surface area contributed by atoms with Crippen molar-refractivity contribution < 1.29 is 28.3 Å². The molecule has 2 heterocycles. The van der Waals surface area contributed by atoms with E-state index in [1.807, 2.05) is 0 Å². The predicted molar refractivity (Wildman–Crippen MR) is 125 cm³/mol. The highest BCUT2D eigenvalue weighted by molar-refractivity contribution is 7.13. The van der Waals surface area contributed by atoms with Crippen LogP contribution in [0, 0.1) is 12.7 Å². The summed E-state index contributed by atoms with van der Waals surface area (Å²) in [5.41, 5.74) is 2.19. The van der Waals surface area contributed by atoms with Crippen molar-refractivity contribution in [3.05, 3.63) is 71.0 Å². The number of amides is 1. The Morgan fingerprint density at radius 1 is 1.18 bits per heavy atom. The number of aliphatic carboxylic acids is 1. The van der Waals surface area contributed by atoms with Crippen LogP contribution in [0.5, 0.6) is 0 Å². The Balaban J connectivity index is 1.81. The number of anilines is 2. The van der Waals surface area contributed by atoms with Gasteiger partial charge in [-0.15, -0.1) is 11.3 Å². The molecule has 0 saturated carbocycles. The van der Waals surface area contributed by atoms with Gasteiger partial charge >= 0.3 is 12.1 Å². The van der Waals surface area contributed by atoms with Crippen molar-refractivity contribution in [2.75, 3.05) is 11.5 Å². The number of carboxylic acid groups (broad SMARTS) is 1. The van der Waals surface area contributed by atoms with Crippen LogP contribution >= 0.6 is 11.3 Å². The van der Waals surface area contributed by atoms with Crippen molar-refractivity contribution in [2.24, 2.45) is 0 Å². The largest absolute Gasteiger partial charge is 0.481 e. The van der Waals surface area contributed by atoms with Crippen molar-refractivity contribution in [3.63, 3.8) is 0 Å². The number of benzene rings is 2. The fourth-order valence-corrected chi connectivity index (χ4v) is 4.34. The average molecular weight is 482 g/mol. The van der Waals surface area contributed by atoms with Crippen molar-refractivity contribution in [2.45, 2.75) is 20.3 Å². The zero-order chi connectivity index (χ0) is 24.2. The lowest BCUT2D eigenvalue weighted by Crippen LogP contribution is -2.28. The average Bonchev–Trinajstić information content (AvgIpc) is 3.43. The van der Waals surface area contributed by atoms with Crippen LogP contribution in [-0.2, 0) is 16.0 Å². The van der Waals surface area contributed by atoms with Crippen LogP contribution in [0.3, 0.4) is 0 Å². The van der Waals surface area contributed by atoms with E-state index in [0.717, 1.165) is 4.90 Å². The standard InChI is InChI=1S/C24H20FN3O5S/c1-3-32-24(31)28(19-11-7-6-10-17(19)25)21-14(2)27-33-22(21)18-13-34-23(26-18)16-9-5-4-8-15(16)12-20(29)30/h4-11,13H,3,12H2,1-2H3,(H,29,30). The summed E-state index contributed by atoms with van der Waals surface area (Å²) in [5.74, 6) is -1.41.